The summed E-state index contributed by atoms with van der Waals surface area (Å²) in [7, 11) is 0. The largest absolute Gasteiger partial charge is 0.508 e. The minimum absolute atomic E-state index is 0.150. The van der Waals surface area contributed by atoms with E-state index in [0.717, 1.165) is 22.5 Å². The first-order valence-corrected chi connectivity index (χ1v) is 13.4. The van der Waals surface area contributed by atoms with Crippen molar-refractivity contribution in [1.29, 1.82) is 0 Å². The Hall–Kier alpha value is -0.830. The van der Waals surface area contributed by atoms with Crippen molar-refractivity contribution in [2.45, 2.75) is 106 Å². The zero-order valence-electron chi connectivity index (χ0n) is 21.5. The third-order valence-corrected chi connectivity index (χ3v) is 8.12. The number of phenols is 2. The van der Waals surface area contributed by atoms with Crippen LogP contribution in [0.5, 0.6) is 11.5 Å². The predicted molar refractivity (Wildman–Crippen MR) is 136 cm³/mol. The quantitative estimate of drug-likeness (QED) is 0.462. The number of rotatable bonds is 3. The van der Waals surface area contributed by atoms with Crippen LogP contribution in [0, 0.1) is 28.6 Å². The van der Waals surface area contributed by atoms with Gasteiger partial charge in [-0.05, 0) is 60.0 Å². The molecule has 3 heteroatoms. The van der Waals surface area contributed by atoms with Crippen molar-refractivity contribution in [3.8, 4) is 11.5 Å². The van der Waals surface area contributed by atoms with Crippen molar-refractivity contribution in [1.82, 2.24) is 0 Å². The molecule has 0 saturated heterocycles. The summed E-state index contributed by atoms with van der Waals surface area (Å²) in [6.45, 7) is 21.9. The maximum absolute atomic E-state index is 9.72. The van der Waals surface area contributed by atoms with Crippen molar-refractivity contribution in [3.05, 3.63) is 18.2 Å². The molecule has 1 aromatic rings. The fraction of sp³-hybridized carbons (Fsp3) is 0.778. The highest BCUT2D eigenvalue weighted by atomic mass is 32.2. The van der Waals surface area contributed by atoms with Crippen LogP contribution in [0.1, 0.15) is 101 Å². The van der Waals surface area contributed by atoms with Crippen LogP contribution >= 0.6 is 11.8 Å². The number of benzene rings is 1. The molecule has 0 spiro atoms. The molecule has 30 heavy (non-hydrogen) atoms. The van der Waals surface area contributed by atoms with Crippen LogP contribution in [-0.2, 0) is 0 Å². The molecule has 0 amide bonds. The van der Waals surface area contributed by atoms with Gasteiger partial charge in [-0.15, -0.1) is 11.8 Å². The minimum Gasteiger partial charge on any atom is -0.508 e. The first-order valence-electron chi connectivity index (χ1n) is 12.4. The molecule has 1 aromatic carbocycles. The fourth-order valence-electron chi connectivity index (χ4n) is 5.80. The zero-order chi connectivity index (χ0) is 23.5. The molecule has 0 heterocycles. The lowest BCUT2D eigenvalue weighted by molar-refractivity contribution is -0.0850. The number of fused-ring (bicyclic) bond motifs is 1. The minimum atomic E-state index is 0.150. The van der Waals surface area contributed by atoms with Gasteiger partial charge in [0.05, 0.1) is 0 Å². The summed E-state index contributed by atoms with van der Waals surface area (Å²) in [6, 6.07) is 4.93. The van der Waals surface area contributed by atoms with Gasteiger partial charge in [-0.1, -0.05) is 82.1 Å². The number of aromatic hydroxyl groups is 2. The van der Waals surface area contributed by atoms with Crippen LogP contribution in [0.4, 0.5) is 0 Å². The van der Waals surface area contributed by atoms with Crippen LogP contribution in [0.3, 0.4) is 0 Å². The monoisotopic (exact) mass is 438 g/mol. The van der Waals surface area contributed by atoms with Crippen LogP contribution in [0.25, 0.3) is 0 Å². The third-order valence-electron chi connectivity index (χ3n) is 7.03. The third kappa shape index (κ3) is 7.11. The average Bonchev–Trinajstić information content (AvgIpc) is 2.70. The molecule has 2 aliphatic rings. The van der Waals surface area contributed by atoms with Crippen LogP contribution < -0.4 is 0 Å². The Morgan fingerprint density at radius 2 is 1.40 bits per heavy atom. The van der Waals surface area contributed by atoms with Crippen molar-refractivity contribution < 1.29 is 10.2 Å². The second-order valence-corrected chi connectivity index (χ2v) is 10.2. The molecular weight excluding hydrogens is 388 g/mol. The van der Waals surface area contributed by atoms with Crippen molar-refractivity contribution >= 4 is 11.8 Å². The summed E-state index contributed by atoms with van der Waals surface area (Å²) in [4.78, 5) is 0.973. The molecule has 0 aliphatic heterocycles. The van der Waals surface area contributed by atoms with Crippen molar-refractivity contribution in [2.75, 3.05) is 5.75 Å². The summed E-state index contributed by atoms with van der Waals surface area (Å²) in [5.74, 6) is 3.64. The lowest BCUT2D eigenvalue weighted by Crippen LogP contribution is -2.51. The van der Waals surface area contributed by atoms with Gasteiger partial charge in [0.25, 0.3) is 0 Å². The summed E-state index contributed by atoms with van der Waals surface area (Å²) < 4.78 is 0. The molecule has 4 unspecified atom stereocenters. The second-order valence-electron chi connectivity index (χ2n) is 9.06. The Labute approximate surface area is 192 Å². The average molecular weight is 439 g/mol. The Balaban J connectivity index is 0.00000129. The Kier molecular flexibility index (Phi) is 13.2. The molecule has 0 radical (unpaired) electrons. The van der Waals surface area contributed by atoms with Crippen molar-refractivity contribution in [2.24, 2.45) is 28.6 Å². The van der Waals surface area contributed by atoms with E-state index in [1.54, 1.807) is 23.9 Å². The SMILES string of the molecule is CC.CC.CC.CC1CCC2C(C)(C)CCCC2(C)C1CSc1cc(O)cc(O)c1. The van der Waals surface area contributed by atoms with E-state index in [4.69, 9.17) is 0 Å². The van der Waals surface area contributed by atoms with E-state index in [-0.39, 0.29) is 11.5 Å². The van der Waals surface area contributed by atoms with Gasteiger partial charge in [0.1, 0.15) is 11.5 Å². The van der Waals surface area contributed by atoms with Gasteiger partial charge < -0.3 is 10.2 Å². The van der Waals surface area contributed by atoms with E-state index < -0.39 is 0 Å². The van der Waals surface area contributed by atoms with Crippen molar-refractivity contribution in [3.63, 3.8) is 0 Å². The van der Waals surface area contributed by atoms with Crippen LogP contribution in [0.15, 0.2) is 23.1 Å². The fourth-order valence-corrected chi connectivity index (χ4v) is 7.29. The second kappa shape index (κ2) is 13.6. The number of hydrogen-bond donors (Lipinski definition) is 2. The molecule has 2 aliphatic carbocycles. The Morgan fingerprint density at radius 1 is 0.867 bits per heavy atom. The molecule has 2 saturated carbocycles. The maximum Gasteiger partial charge on any atom is 0.120 e. The smallest absolute Gasteiger partial charge is 0.120 e. The topological polar surface area (TPSA) is 40.5 Å². The van der Waals surface area contributed by atoms with Gasteiger partial charge in [-0.25, -0.2) is 0 Å². The molecule has 4 atom stereocenters. The molecule has 0 aromatic heterocycles. The standard InChI is InChI=1S/C21H32O2S.3C2H6/c1-14-6-7-19-20(2,3)8-5-9-21(19,4)18(14)13-24-17-11-15(22)10-16(23)12-17;3*1-2/h10-12,14,18-19,22-23H,5-9,13H2,1-4H3;3*1-2H3. The molecule has 2 N–H and O–H groups in total. The molecule has 2 fully saturated rings. The summed E-state index contributed by atoms with van der Waals surface area (Å²) >= 11 is 1.79. The lowest BCUT2D eigenvalue weighted by Gasteiger charge is -2.59. The van der Waals surface area contributed by atoms with Crippen LogP contribution in [-0.4, -0.2) is 16.0 Å². The first-order chi connectivity index (χ1) is 14.2. The molecule has 3 rings (SSSR count). The summed E-state index contributed by atoms with van der Waals surface area (Å²) in [5, 5.41) is 19.4. The summed E-state index contributed by atoms with van der Waals surface area (Å²) in [5.41, 5.74) is 0.880. The molecule has 2 nitrogen and oxygen atoms in total. The van der Waals surface area contributed by atoms with Gasteiger partial charge >= 0.3 is 0 Å². The van der Waals surface area contributed by atoms with E-state index in [0.29, 0.717) is 16.7 Å². The van der Waals surface area contributed by atoms with Gasteiger partial charge in [0, 0.05) is 16.7 Å². The van der Waals surface area contributed by atoms with Gasteiger partial charge in [-0.2, -0.15) is 0 Å². The number of phenolic OH excluding ortho intramolecular Hbond substituents is 2. The predicted octanol–water partition coefficient (Wildman–Crippen LogP) is 9.15. The van der Waals surface area contributed by atoms with Gasteiger partial charge in [-0.3, -0.25) is 0 Å². The molecule has 176 valence electrons. The normalized spacial score (nSPS) is 28.9. The van der Waals surface area contributed by atoms with Gasteiger partial charge in [0.15, 0.2) is 0 Å². The van der Waals surface area contributed by atoms with Gasteiger partial charge in [0.2, 0.25) is 0 Å². The number of thioether (sulfide) groups is 1. The molecule has 0 bridgehead atoms. The molecular formula is C27H50O2S. The Bertz CT molecular complexity index is 578. The maximum atomic E-state index is 9.72. The number of hydrogen-bond acceptors (Lipinski definition) is 3. The highest BCUT2D eigenvalue weighted by Gasteiger charge is 2.53. The zero-order valence-corrected chi connectivity index (χ0v) is 22.3. The van der Waals surface area contributed by atoms with E-state index >= 15 is 0 Å². The highest BCUT2D eigenvalue weighted by Crippen LogP contribution is 2.61. The van der Waals surface area contributed by atoms with E-state index in [9.17, 15) is 10.2 Å². The van der Waals surface area contributed by atoms with E-state index in [1.807, 2.05) is 41.5 Å². The van der Waals surface area contributed by atoms with E-state index in [1.165, 1.54) is 38.2 Å². The Morgan fingerprint density at radius 3 is 1.93 bits per heavy atom. The lowest BCUT2D eigenvalue weighted by atomic mass is 9.47. The van der Waals surface area contributed by atoms with E-state index in [2.05, 4.69) is 27.7 Å². The first kappa shape index (κ1) is 29.2. The highest BCUT2D eigenvalue weighted by molar-refractivity contribution is 7.99. The summed E-state index contributed by atoms with van der Waals surface area (Å²) in [6.07, 6.45) is 6.77. The van der Waals surface area contributed by atoms with Crippen LogP contribution in [0.2, 0.25) is 0 Å².